The highest BCUT2D eigenvalue weighted by atomic mass is 16.5. The molecule has 0 radical (unpaired) electrons. The maximum Gasteiger partial charge on any atom is 0.303 e. The fraction of sp³-hybridized carbons (Fsp3) is 0.800. The molecule has 0 saturated heterocycles. The van der Waals surface area contributed by atoms with Gasteiger partial charge in [-0.1, -0.05) is 6.92 Å². The van der Waals surface area contributed by atoms with Crippen molar-refractivity contribution in [1.29, 1.82) is 0 Å². The van der Waals surface area contributed by atoms with Crippen molar-refractivity contribution >= 4 is 11.8 Å². The molecule has 0 bridgehead atoms. The summed E-state index contributed by atoms with van der Waals surface area (Å²) >= 11 is 0. The molecule has 0 aromatic heterocycles. The van der Waals surface area contributed by atoms with Crippen molar-refractivity contribution < 1.29 is 19.4 Å². The van der Waals surface area contributed by atoms with E-state index in [1.54, 1.807) is 6.92 Å². The first-order valence-corrected chi connectivity index (χ1v) is 4.85. The van der Waals surface area contributed by atoms with Crippen LogP contribution in [-0.4, -0.2) is 29.1 Å². The van der Waals surface area contributed by atoms with Crippen molar-refractivity contribution in [2.24, 2.45) is 0 Å². The highest BCUT2D eigenvalue weighted by Gasteiger charge is 2.31. The molecule has 0 saturated carbocycles. The maximum absolute atomic E-state index is 11.6. The standard InChI is InChI=1S/C10H18O4/c1-4-10(3,14-5-2)8(11)6-7-9(12)13/h4-7H2,1-3H3,(H,12,13). The fourth-order valence-corrected chi connectivity index (χ4v) is 1.18. The van der Waals surface area contributed by atoms with Crippen LogP contribution < -0.4 is 0 Å². The molecule has 0 aromatic carbocycles. The quantitative estimate of drug-likeness (QED) is 0.681. The second-order valence-corrected chi connectivity index (χ2v) is 3.33. The van der Waals surface area contributed by atoms with Crippen LogP contribution in [0.4, 0.5) is 0 Å². The summed E-state index contributed by atoms with van der Waals surface area (Å²) in [7, 11) is 0. The summed E-state index contributed by atoms with van der Waals surface area (Å²) in [6, 6.07) is 0. The van der Waals surface area contributed by atoms with E-state index in [1.165, 1.54) is 0 Å². The van der Waals surface area contributed by atoms with Crippen molar-refractivity contribution in [2.75, 3.05) is 6.61 Å². The lowest BCUT2D eigenvalue weighted by Crippen LogP contribution is -2.38. The molecule has 0 heterocycles. The number of ether oxygens (including phenoxy) is 1. The molecule has 0 fully saturated rings. The Bertz CT molecular complexity index is 212. The van der Waals surface area contributed by atoms with E-state index < -0.39 is 11.6 Å². The van der Waals surface area contributed by atoms with E-state index >= 15 is 0 Å². The molecule has 1 N–H and O–H groups in total. The van der Waals surface area contributed by atoms with Gasteiger partial charge in [0.25, 0.3) is 0 Å². The zero-order valence-electron chi connectivity index (χ0n) is 9.00. The first-order chi connectivity index (χ1) is 6.46. The van der Waals surface area contributed by atoms with E-state index in [2.05, 4.69) is 0 Å². The van der Waals surface area contributed by atoms with Crippen LogP contribution in [0.25, 0.3) is 0 Å². The van der Waals surface area contributed by atoms with E-state index in [0.29, 0.717) is 13.0 Å². The van der Waals surface area contributed by atoms with E-state index in [0.717, 1.165) is 0 Å². The van der Waals surface area contributed by atoms with Crippen molar-refractivity contribution in [3.63, 3.8) is 0 Å². The van der Waals surface area contributed by atoms with Crippen LogP contribution in [0.1, 0.15) is 40.0 Å². The number of carboxylic acids is 1. The van der Waals surface area contributed by atoms with Crippen molar-refractivity contribution in [2.45, 2.75) is 45.6 Å². The second-order valence-electron chi connectivity index (χ2n) is 3.33. The van der Waals surface area contributed by atoms with Gasteiger partial charge in [-0.2, -0.15) is 0 Å². The smallest absolute Gasteiger partial charge is 0.303 e. The zero-order valence-corrected chi connectivity index (χ0v) is 9.00. The molecule has 1 atom stereocenters. The van der Waals surface area contributed by atoms with Crippen molar-refractivity contribution in [3.05, 3.63) is 0 Å². The van der Waals surface area contributed by atoms with E-state index in [-0.39, 0.29) is 18.6 Å². The zero-order chi connectivity index (χ0) is 11.2. The Balaban J connectivity index is 4.23. The number of carbonyl (C=O) groups is 2. The third-order valence-corrected chi connectivity index (χ3v) is 2.29. The highest BCUT2D eigenvalue weighted by Crippen LogP contribution is 2.19. The molecule has 0 spiro atoms. The summed E-state index contributed by atoms with van der Waals surface area (Å²) in [5.74, 6) is -1.09. The molecule has 4 heteroatoms. The first kappa shape index (κ1) is 13.1. The molecule has 0 aliphatic carbocycles. The minimum atomic E-state index is -0.951. The van der Waals surface area contributed by atoms with E-state index in [1.807, 2.05) is 13.8 Å². The number of carboxylic acid groups (broad SMARTS) is 1. The SMILES string of the molecule is CCOC(C)(CC)C(=O)CCC(=O)O. The average Bonchev–Trinajstić information content (AvgIpc) is 2.14. The number of ketones is 1. The van der Waals surface area contributed by atoms with Gasteiger partial charge in [0.05, 0.1) is 6.42 Å². The number of carbonyl (C=O) groups excluding carboxylic acids is 1. The molecule has 0 aromatic rings. The fourth-order valence-electron chi connectivity index (χ4n) is 1.18. The number of Topliss-reactive ketones (excluding diaryl/α,β-unsaturated/α-hetero) is 1. The third kappa shape index (κ3) is 3.87. The van der Waals surface area contributed by atoms with Crippen LogP contribution >= 0.6 is 0 Å². The lowest BCUT2D eigenvalue weighted by molar-refractivity contribution is -0.146. The summed E-state index contributed by atoms with van der Waals surface area (Å²) in [5, 5.41) is 8.44. The molecule has 0 aliphatic heterocycles. The summed E-state index contributed by atoms with van der Waals surface area (Å²) in [6.45, 7) is 5.84. The van der Waals surface area contributed by atoms with Gasteiger partial charge in [0, 0.05) is 13.0 Å². The van der Waals surface area contributed by atoms with Gasteiger partial charge in [0.2, 0.25) is 0 Å². The Kier molecular flexibility index (Phi) is 5.38. The number of aliphatic carboxylic acids is 1. The van der Waals surface area contributed by atoms with Crippen LogP contribution in [0.5, 0.6) is 0 Å². The van der Waals surface area contributed by atoms with Gasteiger partial charge in [-0.15, -0.1) is 0 Å². The molecule has 4 nitrogen and oxygen atoms in total. The topological polar surface area (TPSA) is 63.6 Å². The lowest BCUT2D eigenvalue weighted by atomic mass is 9.94. The number of hydrogen-bond acceptors (Lipinski definition) is 3. The van der Waals surface area contributed by atoms with Crippen LogP contribution in [0.3, 0.4) is 0 Å². The summed E-state index contributed by atoms with van der Waals surface area (Å²) < 4.78 is 5.33. The monoisotopic (exact) mass is 202 g/mol. The van der Waals surface area contributed by atoms with Gasteiger partial charge in [-0.25, -0.2) is 0 Å². The highest BCUT2D eigenvalue weighted by molar-refractivity contribution is 5.89. The van der Waals surface area contributed by atoms with Crippen LogP contribution in [-0.2, 0) is 14.3 Å². The number of rotatable bonds is 7. The molecular weight excluding hydrogens is 184 g/mol. The van der Waals surface area contributed by atoms with Crippen molar-refractivity contribution in [3.8, 4) is 0 Å². The van der Waals surface area contributed by atoms with E-state index in [9.17, 15) is 9.59 Å². The normalized spacial score (nSPS) is 14.8. The lowest BCUT2D eigenvalue weighted by Gasteiger charge is -2.26. The molecule has 1 unspecified atom stereocenters. The summed E-state index contributed by atoms with van der Waals surface area (Å²) in [6.07, 6.45) is 0.487. The van der Waals surface area contributed by atoms with E-state index in [4.69, 9.17) is 9.84 Å². The maximum atomic E-state index is 11.6. The Morgan fingerprint density at radius 2 is 1.86 bits per heavy atom. The molecular formula is C10H18O4. The molecule has 0 amide bonds. The largest absolute Gasteiger partial charge is 0.481 e. The Morgan fingerprint density at radius 1 is 1.29 bits per heavy atom. The number of hydrogen-bond donors (Lipinski definition) is 1. The summed E-state index contributed by atoms with van der Waals surface area (Å²) in [5.41, 5.74) is -0.815. The second kappa shape index (κ2) is 5.75. The van der Waals surface area contributed by atoms with Crippen LogP contribution in [0.2, 0.25) is 0 Å². The predicted octanol–water partition coefficient (Wildman–Crippen LogP) is 1.63. The predicted molar refractivity (Wildman–Crippen MR) is 52.2 cm³/mol. The molecule has 82 valence electrons. The van der Waals surface area contributed by atoms with Gasteiger partial charge in [0.15, 0.2) is 5.78 Å². The Morgan fingerprint density at radius 3 is 2.21 bits per heavy atom. The third-order valence-electron chi connectivity index (χ3n) is 2.29. The Labute approximate surface area is 84.3 Å². The average molecular weight is 202 g/mol. The summed E-state index contributed by atoms with van der Waals surface area (Å²) in [4.78, 5) is 21.9. The molecule has 0 rings (SSSR count). The van der Waals surface area contributed by atoms with Gasteiger partial charge in [-0.05, 0) is 20.3 Å². The Hall–Kier alpha value is -0.900. The molecule has 14 heavy (non-hydrogen) atoms. The minimum Gasteiger partial charge on any atom is -0.481 e. The van der Waals surface area contributed by atoms with Gasteiger partial charge in [0.1, 0.15) is 5.60 Å². The first-order valence-electron chi connectivity index (χ1n) is 4.85. The molecule has 0 aliphatic rings. The van der Waals surface area contributed by atoms with Crippen LogP contribution in [0.15, 0.2) is 0 Å². The minimum absolute atomic E-state index is 0.0413. The van der Waals surface area contributed by atoms with Gasteiger partial charge >= 0.3 is 5.97 Å². The van der Waals surface area contributed by atoms with Gasteiger partial charge < -0.3 is 9.84 Å². The van der Waals surface area contributed by atoms with Crippen LogP contribution in [0, 0.1) is 0 Å². The van der Waals surface area contributed by atoms with Gasteiger partial charge in [-0.3, -0.25) is 9.59 Å². The van der Waals surface area contributed by atoms with Crippen molar-refractivity contribution in [1.82, 2.24) is 0 Å².